The van der Waals surface area contributed by atoms with E-state index in [1.807, 2.05) is 17.0 Å². The zero-order valence-corrected chi connectivity index (χ0v) is 19.5. The first-order valence-electron chi connectivity index (χ1n) is 11.6. The molecule has 0 unspecified atom stereocenters. The van der Waals surface area contributed by atoms with Gasteiger partial charge < -0.3 is 20.7 Å². The largest absolute Gasteiger partial charge is 0.465 e. The number of pyridine rings is 1. The number of anilines is 1. The van der Waals surface area contributed by atoms with E-state index in [4.69, 9.17) is 10.5 Å². The van der Waals surface area contributed by atoms with Gasteiger partial charge in [-0.15, -0.1) is 0 Å². The number of carbonyl (C=O) groups is 3. The number of nitrogens with two attached hydrogens (primary N) is 1. The number of hydrogen-bond donors (Lipinski definition) is 2. The summed E-state index contributed by atoms with van der Waals surface area (Å²) in [5, 5.41) is 2.91. The van der Waals surface area contributed by atoms with E-state index in [-0.39, 0.29) is 17.4 Å². The number of likely N-dealkylation sites (tertiary alicyclic amines) is 1. The molecule has 0 spiro atoms. The fraction of sp³-hybridized carbons (Fsp3) is 0.385. The van der Waals surface area contributed by atoms with Crippen molar-refractivity contribution >= 4 is 29.5 Å². The molecule has 0 radical (unpaired) electrons. The van der Waals surface area contributed by atoms with Crippen molar-refractivity contribution in [3.8, 4) is 0 Å². The second kappa shape index (κ2) is 12.5. The number of benzene rings is 1. The van der Waals surface area contributed by atoms with E-state index in [1.54, 1.807) is 24.5 Å². The van der Waals surface area contributed by atoms with Gasteiger partial charge in [0.15, 0.2) is 0 Å². The number of nitrogen functional groups attached to an aromatic ring is 1. The fourth-order valence-corrected chi connectivity index (χ4v) is 4.09. The quantitative estimate of drug-likeness (QED) is 0.255. The summed E-state index contributed by atoms with van der Waals surface area (Å²) < 4.78 is 4.74. The number of methoxy groups -OCH3 is 1. The van der Waals surface area contributed by atoms with Crippen molar-refractivity contribution in [3.05, 3.63) is 65.5 Å². The molecule has 8 nitrogen and oxygen atoms in total. The molecule has 0 bridgehead atoms. The number of amides is 2. The Hall–Kier alpha value is -3.68. The highest BCUT2D eigenvalue weighted by Crippen LogP contribution is 2.24. The molecule has 1 aromatic heterocycles. The first kappa shape index (κ1) is 25.0. The number of esters is 1. The molecule has 1 aliphatic rings. The minimum absolute atomic E-state index is 0.104. The summed E-state index contributed by atoms with van der Waals surface area (Å²) in [5.41, 5.74) is 7.81. The van der Waals surface area contributed by atoms with Crippen LogP contribution in [0, 0.1) is 5.92 Å². The van der Waals surface area contributed by atoms with E-state index < -0.39 is 5.97 Å². The van der Waals surface area contributed by atoms with Gasteiger partial charge in [-0.3, -0.25) is 14.6 Å². The van der Waals surface area contributed by atoms with E-state index in [2.05, 4.69) is 10.3 Å². The number of hydrogen-bond acceptors (Lipinski definition) is 6. The molecule has 1 saturated heterocycles. The highest BCUT2D eigenvalue weighted by Gasteiger charge is 2.24. The van der Waals surface area contributed by atoms with Crippen LogP contribution in [0.25, 0.3) is 6.08 Å². The number of rotatable bonds is 9. The molecule has 3 rings (SSSR count). The maximum Gasteiger partial charge on any atom is 0.337 e. The van der Waals surface area contributed by atoms with Crippen LogP contribution in [0.5, 0.6) is 0 Å². The summed E-state index contributed by atoms with van der Waals surface area (Å²) in [7, 11) is 1.30. The maximum atomic E-state index is 12.9. The Morgan fingerprint density at radius 1 is 1.18 bits per heavy atom. The number of ether oxygens (including phenoxy) is 1. The van der Waals surface area contributed by atoms with Gasteiger partial charge in [0.2, 0.25) is 5.91 Å². The SMILES string of the molecule is COC(=O)c1cc(N)cc(C(=O)N2CCC(CCCCNC(=O)/C=C/c3cccnc3)CC2)c1. The molecule has 1 fully saturated rings. The maximum absolute atomic E-state index is 12.9. The smallest absolute Gasteiger partial charge is 0.337 e. The molecule has 2 aromatic rings. The van der Waals surface area contributed by atoms with Crippen LogP contribution < -0.4 is 11.1 Å². The van der Waals surface area contributed by atoms with Gasteiger partial charge in [0.25, 0.3) is 5.91 Å². The Balaban J connectivity index is 1.35. The van der Waals surface area contributed by atoms with Gasteiger partial charge in [-0.05, 0) is 61.1 Å². The van der Waals surface area contributed by atoms with Crippen LogP contribution in [0.15, 0.2) is 48.8 Å². The van der Waals surface area contributed by atoms with Crippen molar-refractivity contribution in [2.45, 2.75) is 32.1 Å². The first-order valence-corrected chi connectivity index (χ1v) is 11.6. The molecule has 2 amide bonds. The summed E-state index contributed by atoms with van der Waals surface area (Å²) in [4.78, 5) is 42.4. The predicted octanol–water partition coefficient (Wildman–Crippen LogP) is 3.30. The van der Waals surface area contributed by atoms with Crippen LogP contribution >= 0.6 is 0 Å². The zero-order valence-electron chi connectivity index (χ0n) is 19.5. The van der Waals surface area contributed by atoms with Crippen molar-refractivity contribution in [2.24, 2.45) is 5.92 Å². The molecule has 0 saturated carbocycles. The highest BCUT2D eigenvalue weighted by atomic mass is 16.5. The number of carbonyl (C=O) groups excluding carboxylic acids is 3. The lowest BCUT2D eigenvalue weighted by Crippen LogP contribution is -2.38. The number of unbranched alkanes of at least 4 members (excludes halogenated alkanes) is 1. The number of aromatic nitrogens is 1. The van der Waals surface area contributed by atoms with Crippen LogP contribution in [0.3, 0.4) is 0 Å². The minimum atomic E-state index is -0.513. The van der Waals surface area contributed by atoms with Gasteiger partial charge >= 0.3 is 5.97 Å². The molecule has 1 aliphatic heterocycles. The van der Waals surface area contributed by atoms with Crippen LogP contribution in [-0.4, -0.2) is 54.4 Å². The van der Waals surface area contributed by atoms with E-state index in [9.17, 15) is 14.4 Å². The van der Waals surface area contributed by atoms with Gasteiger partial charge in [0.1, 0.15) is 0 Å². The normalized spacial score (nSPS) is 14.2. The van der Waals surface area contributed by atoms with E-state index >= 15 is 0 Å². The average molecular weight is 465 g/mol. The van der Waals surface area contributed by atoms with Crippen molar-refractivity contribution in [1.29, 1.82) is 0 Å². The molecule has 2 heterocycles. The lowest BCUT2D eigenvalue weighted by Gasteiger charge is -2.32. The van der Waals surface area contributed by atoms with Crippen LogP contribution in [0.1, 0.15) is 58.4 Å². The number of nitrogens with one attached hydrogen (secondary N) is 1. The summed E-state index contributed by atoms with van der Waals surface area (Å²) >= 11 is 0. The molecule has 1 aromatic carbocycles. The molecular weight excluding hydrogens is 432 g/mol. The third-order valence-corrected chi connectivity index (χ3v) is 5.98. The van der Waals surface area contributed by atoms with Crippen molar-refractivity contribution in [1.82, 2.24) is 15.2 Å². The summed E-state index contributed by atoms with van der Waals surface area (Å²) in [5.74, 6) is -0.164. The van der Waals surface area contributed by atoms with Gasteiger partial charge in [0, 0.05) is 49.4 Å². The van der Waals surface area contributed by atoms with Gasteiger partial charge in [-0.2, -0.15) is 0 Å². The standard InChI is InChI=1S/C26H32N4O4/c1-34-26(33)22-15-21(16-23(27)17-22)25(32)30-13-9-19(10-14-30)5-2-3-12-29-24(31)8-7-20-6-4-11-28-18-20/h4,6-8,11,15-19H,2-3,5,9-10,12-14,27H2,1H3,(H,29,31)/b8-7+. The lowest BCUT2D eigenvalue weighted by atomic mass is 9.91. The van der Waals surface area contributed by atoms with Crippen molar-refractivity contribution < 1.29 is 19.1 Å². The molecule has 3 N–H and O–H groups in total. The minimum Gasteiger partial charge on any atom is -0.465 e. The summed E-state index contributed by atoms with van der Waals surface area (Å²) in [6, 6.07) is 8.37. The average Bonchev–Trinajstić information content (AvgIpc) is 2.87. The Kier molecular flexibility index (Phi) is 9.20. The van der Waals surface area contributed by atoms with Gasteiger partial charge in [-0.25, -0.2) is 4.79 Å². The van der Waals surface area contributed by atoms with Gasteiger partial charge in [-0.1, -0.05) is 18.9 Å². The Bertz CT molecular complexity index is 1010. The topological polar surface area (TPSA) is 115 Å². The van der Waals surface area contributed by atoms with Crippen molar-refractivity contribution in [3.63, 3.8) is 0 Å². The predicted molar refractivity (Wildman–Crippen MR) is 131 cm³/mol. The van der Waals surface area contributed by atoms with Crippen LogP contribution in [-0.2, 0) is 9.53 Å². The lowest BCUT2D eigenvalue weighted by molar-refractivity contribution is -0.116. The Morgan fingerprint density at radius 2 is 1.94 bits per heavy atom. The summed E-state index contributed by atoms with van der Waals surface area (Å²) in [6.07, 6.45) is 11.6. The zero-order chi connectivity index (χ0) is 24.3. The van der Waals surface area contributed by atoms with Crippen LogP contribution in [0.2, 0.25) is 0 Å². The van der Waals surface area contributed by atoms with E-state index in [1.165, 1.54) is 25.3 Å². The molecule has 0 aliphatic carbocycles. The van der Waals surface area contributed by atoms with E-state index in [0.717, 1.165) is 37.7 Å². The second-order valence-corrected chi connectivity index (χ2v) is 8.48. The van der Waals surface area contributed by atoms with E-state index in [0.29, 0.717) is 36.8 Å². The third-order valence-electron chi connectivity index (χ3n) is 5.98. The monoisotopic (exact) mass is 464 g/mol. The molecular formula is C26H32N4O4. The second-order valence-electron chi connectivity index (χ2n) is 8.48. The van der Waals surface area contributed by atoms with Gasteiger partial charge in [0.05, 0.1) is 12.7 Å². The molecule has 180 valence electrons. The number of piperidine rings is 1. The molecule has 0 atom stereocenters. The molecule has 8 heteroatoms. The molecule has 34 heavy (non-hydrogen) atoms. The Labute approximate surface area is 200 Å². The highest BCUT2D eigenvalue weighted by molar-refractivity contribution is 5.99. The summed E-state index contributed by atoms with van der Waals surface area (Å²) in [6.45, 7) is 2.01. The Morgan fingerprint density at radius 3 is 2.65 bits per heavy atom. The number of nitrogens with zero attached hydrogens (tertiary/aromatic N) is 2. The first-order chi connectivity index (χ1) is 16.5. The fourth-order valence-electron chi connectivity index (χ4n) is 4.09. The van der Waals surface area contributed by atoms with Crippen LogP contribution in [0.4, 0.5) is 5.69 Å². The third kappa shape index (κ3) is 7.43. The van der Waals surface area contributed by atoms with Crippen molar-refractivity contribution in [2.75, 3.05) is 32.5 Å².